The van der Waals surface area contributed by atoms with Crippen LogP contribution in [0.2, 0.25) is 0 Å². The van der Waals surface area contributed by atoms with E-state index in [0.717, 1.165) is 42.0 Å². The quantitative estimate of drug-likeness (QED) is 0.469. The van der Waals surface area contributed by atoms with Crippen molar-refractivity contribution in [2.75, 3.05) is 17.6 Å². The molecule has 0 spiro atoms. The Hall–Kier alpha value is -3.85. The van der Waals surface area contributed by atoms with Gasteiger partial charge < -0.3 is 16.4 Å². The summed E-state index contributed by atoms with van der Waals surface area (Å²) in [5.41, 5.74) is 9.15. The highest BCUT2D eigenvalue weighted by Crippen LogP contribution is 2.32. The van der Waals surface area contributed by atoms with Crippen LogP contribution in [0.3, 0.4) is 0 Å². The standard InChI is InChI=1S/C22H22N8O/c23-20-19-18(28-21(30(19)13-12-25-20)16-4-1-2-10-24-16)14-6-8-15(9-7-14)22(31)27-17-5-3-11-26-29-17/h3,5-9,11-13,16,24H,1-2,4,10H2,(H2,23,25)(H,27,29,31). The smallest absolute Gasteiger partial charge is 0.256 e. The number of aromatic nitrogens is 5. The van der Waals surface area contributed by atoms with Crippen molar-refractivity contribution in [2.45, 2.75) is 25.3 Å². The lowest BCUT2D eigenvalue weighted by molar-refractivity contribution is 0.102. The maximum atomic E-state index is 12.5. The van der Waals surface area contributed by atoms with E-state index in [9.17, 15) is 4.79 Å². The first-order chi connectivity index (χ1) is 15.2. The topological polar surface area (TPSA) is 123 Å². The average Bonchev–Trinajstić information content (AvgIpc) is 3.21. The highest BCUT2D eigenvalue weighted by atomic mass is 16.1. The second-order valence-electron chi connectivity index (χ2n) is 7.49. The molecular weight excluding hydrogens is 392 g/mol. The van der Waals surface area contributed by atoms with Gasteiger partial charge in [0.05, 0.1) is 6.04 Å². The van der Waals surface area contributed by atoms with Crippen LogP contribution in [-0.2, 0) is 0 Å². The molecule has 0 aliphatic carbocycles. The Labute approximate surface area is 178 Å². The maximum absolute atomic E-state index is 12.5. The first-order valence-corrected chi connectivity index (χ1v) is 10.3. The summed E-state index contributed by atoms with van der Waals surface area (Å²) in [5.74, 6) is 1.51. The van der Waals surface area contributed by atoms with Gasteiger partial charge in [-0.05, 0) is 43.7 Å². The second-order valence-corrected chi connectivity index (χ2v) is 7.49. The summed E-state index contributed by atoms with van der Waals surface area (Å²) < 4.78 is 2.02. The van der Waals surface area contributed by atoms with Gasteiger partial charge in [0.25, 0.3) is 5.91 Å². The van der Waals surface area contributed by atoms with Gasteiger partial charge in [-0.3, -0.25) is 9.20 Å². The van der Waals surface area contributed by atoms with Gasteiger partial charge in [0, 0.05) is 29.7 Å². The number of nitrogens with two attached hydrogens (primary N) is 1. The van der Waals surface area contributed by atoms with Crippen LogP contribution in [0.25, 0.3) is 16.8 Å². The SMILES string of the molecule is Nc1nccn2c(C3CCCCN3)nc(-c3ccc(C(=O)Nc4cccnn4)cc3)c12. The summed E-state index contributed by atoms with van der Waals surface area (Å²) in [6.45, 7) is 0.977. The predicted molar refractivity (Wildman–Crippen MR) is 117 cm³/mol. The molecule has 0 saturated carbocycles. The zero-order valence-corrected chi connectivity index (χ0v) is 16.8. The van der Waals surface area contributed by atoms with Crippen molar-refractivity contribution in [1.29, 1.82) is 0 Å². The van der Waals surface area contributed by atoms with Gasteiger partial charge in [0.15, 0.2) is 5.82 Å². The zero-order chi connectivity index (χ0) is 21.2. The van der Waals surface area contributed by atoms with E-state index < -0.39 is 0 Å². The average molecular weight is 414 g/mol. The van der Waals surface area contributed by atoms with Crippen molar-refractivity contribution in [2.24, 2.45) is 0 Å². The Kier molecular flexibility index (Phi) is 5.01. The number of nitrogens with zero attached hydrogens (tertiary/aromatic N) is 5. The van der Waals surface area contributed by atoms with Crippen LogP contribution in [-0.4, -0.2) is 37.0 Å². The Bertz CT molecular complexity index is 1210. The summed E-state index contributed by atoms with van der Waals surface area (Å²) >= 11 is 0. The Balaban J connectivity index is 1.48. The molecule has 1 amide bonds. The van der Waals surface area contributed by atoms with Crippen LogP contribution < -0.4 is 16.4 Å². The second kappa shape index (κ2) is 8.11. The third-order valence-corrected chi connectivity index (χ3v) is 5.47. The van der Waals surface area contributed by atoms with Gasteiger partial charge in [0.1, 0.15) is 22.9 Å². The number of carbonyl (C=O) groups is 1. The van der Waals surface area contributed by atoms with Crippen molar-refractivity contribution < 1.29 is 4.79 Å². The molecule has 1 aromatic carbocycles. The first kappa shape index (κ1) is 19.1. The van der Waals surface area contributed by atoms with E-state index in [1.54, 1.807) is 36.7 Å². The number of nitrogens with one attached hydrogen (secondary N) is 2. The molecule has 4 aromatic rings. The first-order valence-electron chi connectivity index (χ1n) is 10.3. The van der Waals surface area contributed by atoms with Gasteiger partial charge >= 0.3 is 0 Å². The largest absolute Gasteiger partial charge is 0.382 e. The monoisotopic (exact) mass is 414 g/mol. The number of amides is 1. The molecule has 9 nitrogen and oxygen atoms in total. The summed E-state index contributed by atoms with van der Waals surface area (Å²) in [7, 11) is 0. The van der Waals surface area contributed by atoms with Crippen LogP contribution in [0.1, 0.15) is 41.5 Å². The number of fused-ring (bicyclic) bond motifs is 1. The summed E-state index contributed by atoms with van der Waals surface area (Å²) in [6.07, 6.45) is 8.52. The molecule has 1 aliphatic rings. The van der Waals surface area contributed by atoms with Gasteiger partial charge in [-0.2, -0.15) is 5.10 Å². The molecule has 3 aromatic heterocycles. The maximum Gasteiger partial charge on any atom is 0.256 e. The molecule has 4 N–H and O–H groups in total. The lowest BCUT2D eigenvalue weighted by Gasteiger charge is -2.22. The number of anilines is 2. The molecule has 31 heavy (non-hydrogen) atoms. The summed E-state index contributed by atoms with van der Waals surface area (Å²) in [6, 6.07) is 10.8. The van der Waals surface area contributed by atoms with Gasteiger partial charge in [0.2, 0.25) is 0 Å². The molecule has 1 unspecified atom stereocenters. The molecule has 1 saturated heterocycles. The lowest BCUT2D eigenvalue weighted by atomic mass is 10.0. The minimum absolute atomic E-state index is 0.175. The van der Waals surface area contributed by atoms with Gasteiger partial charge in [-0.15, -0.1) is 5.10 Å². The molecular formula is C22H22N8O. The zero-order valence-electron chi connectivity index (χ0n) is 16.8. The number of nitrogen functional groups attached to an aromatic ring is 1. The molecule has 9 heteroatoms. The normalized spacial score (nSPS) is 16.3. The molecule has 156 valence electrons. The van der Waals surface area contributed by atoms with Crippen LogP contribution in [0.15, 0.2) is 55.0 Å². The van der Waals surface area contributed by atoms with Crippen molar-refractivity contribution in [3.8, 4) is 11.3 Å². The number of hydrogen-bond acceptors (Lipinski definition) is 7. The molecule has 1 atom stereocenters. The minimum Gasteiger partial charge on any atom is -0.382 e. The number of imidazole rings is 1. The van der Waals surface area contributed by atoms with Crippen molar-refractivity contribution in [1.82, 2.24) is 29.9 Å². The van der Waals surface area contributed by atoms with E-state index in [1.807, 2.05) is 22.7 Å². The highest BCUT2D eigenvalue weighted by molar-refractivity contribution is 6.04. The van der Waals surface area contributed by atoms with Gasteiger partial charge in [-0.1, -0.05) is 18.6 Å². The number of hydrogen-bond donors (Lipinski definition) is 3. The van der Waals surface area contributed by atoms with Crippen LogP contribution in [0, 0.1) is 0 Å². The highest BCUT2D eigenvalue weighted by Gasteiger charge is 2.23. The predicted octanol–water partition coefficient (Wildman–Crippen LogP) is 2.84. The van der Waals surface area contributed by atoms with E-state index >= 15 is 0 Å². The van der Waals surface area contributed by atoms with Crippen molar-refractivity contribution in [3.63, 3.8) is 0 Å². The van der Waals surface area contributed by atoms with E-state index in [-0.39, 0.29) is 11.9 Å². The lowest BCUT2D eigenvalue weighted by Crippen LogP contribution is -2.28. The fourth-order valence-corrected chi connectivity index (χ4v) is 3.94. The molecule has 0 radical (unpaired) electrons. The summed E-state index contributed by atoms with van der Waals surface area (Å²) in [5, 5.41) is 13.9. The van der Waals surface area contributed by atoms with Gasteiger partial charge in [-0.25, -0.2) is 9.97 Å². The molecule has 4 heterocycles. The van der Waals surface area contributed by atoms with Crippen molar-refractivity contribution >= 4 is 23.1 Å². The fraction of sp³-hybridized carbons (Fsp3) is 0.227. The molecule has 1 fully saturated rings. The summed E-state index contributed by atoms with van der Waals surface area (Å²) in [4.78, 5) is 21.7. The van der Waals surface area contributed by atoms with Crippen LogP contribution in [0.5, 0.6) is 0 Å². The molecule has 5 rings (SSSR count). The molecule has 0 bridgehead atoms. The van der Waals surface area contributed by atoms with E-state index in [4.69, 9.17) is 10.7 Å². The van der Waals surface area contributed by atoms with E-state index in [0.29, 0.717) is 17.2 Å². The Morgan fingerprint density at radius 2 is 2.03 bits per heavy atom. The molecule has 1 aliphatic heterocycles. The number of carbonyl (C=O) groups excluding carboxylic acids is 1. The fourth-order valence-electron chi connectivity index (χ4n) is 3.94. The van der Waals surface area contributed by atoms with E-state index in [2.05, 4.69) is 25.8 Å². The Morgan fingerprint density at radius 3 is 2.77 bits per heavy atom. The van der Waals surface area contributed by atoms with Crippen molar-refractivity contribution in [3.05, 3.63) is 66.4 Å². The van der Waals surface area contributed by atoms with E-state index in [1.165, 1.54) is 6.42 Å². The number of rotatable bonds is 4. The third kappa shape index (κ3) is 3.71. The number of piperidine rings is 1. The number of benzene rings is 1. The third-order valence-electron chi connectivity index (χ3n) is 5.47. The van der Waals surface area contributed by atoms with Crippen LogP contribution in [0.4, 0.5) is 11.6 Å². The van der Waals surface area contributed by atoms with Crippen LogP contribution >= 0.6 is 0 Å². The Morgan fingerprint density at radius 1 is 1.16 bits per heavy atom. The minimum atomic E-state index is -0.255.